The monoisotopic (exact) mass is 260 g/mol. The van der Waals surface area contributed by atoms with E-state index in [-0.39, 0.29) is 5.41 Å². The predicted molar refractivity (Wildman–Crippen MR) is 81.5 cm³/mol. The van der Waals surface area contributed by atoms with Crippen molar-refractivity contribution in [3.8, 4) is 0 Å². The molecule has 19 heavy (non-hydrogen) atoms. The molecule has 1 aliphatic heterocycles. The number of piperidine rings is 1. The Bertz CT molecular complexity index is 369. The van der Waals surface area contributed by atoms with Gasteiger partial charge in [-0.2, -0.15) is 0 Å². The van der Waals surface area contributed by atoms with Gasteiger partial charge >= 0.3 is 0 Å². The van der Waals surface area contributed by atoms with Crippen LogP contribution in [0.4, 0.5) is 0 Å². The van der Waals surface area contributed by atoms with Crippen LogP contribution in [0.3, 0.4) is 0 Å². The van der Waals surface area contributed by atoms with Gasteiger partial charge in [0.25, 0.3) is 0 Å². The molecule has 1 fully saturated rings. The fraction of sp³-hybridized carbons (Fsp3) is 0.706. The average molecular weight is 260 g/mol. The van der Waals surface area contributed by atoms with E-state index in [2.05, 4.69) is 49.0 Å². The quantitative estimate of drug-likeness (QED) is 0.818. The van der Waals surface area contributed by atoms with Crippen LogP contribution in [-0.2, 0) is 11.8 Å². The molecule has 1 aromatic rings. The second-order valence-corrected chi connectivity index (χ2v) is 6.79. The van der Waals surface area contributed by atoms with Crippen molar-refractivity contribution in [2.75, 3.05) is 19.6 Å². The Morgan fingerprint density at radius 1 is 1.11 bits per heavy atom. The fourth-order valence-electron chi connectivity index (χ4n) is 2.68. The molecule has 0 radical (unpaired) electrons. The number of hydrogen-bond acceptors (Lipinski definition) is 2. The molecule has 0 atom stereocenters. The van der Waals surface area contributed by atoms with Gasteiger partial charge in [-0.05, 0) is 62.4 Å². The Labute approximate surface area is 118 Å². The maximum absolute atomic E-state index is 4.61. The molecule has 0 unspecified atom stereocenters. The van der Waals surface area contributed by atoms with Gasteiger partial charge in [-0.1, -0.05) is 33.3 Å². The minimum absolute atomic E-state index is 0.208. The van der Waals surface area contributed by atoms with Gasteiger partial charge in [0.05, 0.1) is 0 Å². The van der Waals surface area contributed by atoms with Gasteiger partial charge in [0.1, 0.15) is 0 Å². The molecule has 1 aromatic heterocycles. The van der Waals surface area contributed by atoms with Gasteiger partial charge in [-0.25, -0.2) is 0 Å². The van der Waals surface area contributed by atoms with Gasteiger partial charge < -0.3 is 4.90 Å². The first-order valence-electron chi connectivity index (χ1n) is 7.73. The summed E-state index contributed by atoms with van der Waals surface area (Å²) in [4.78, 5) is 7.21. The molecule has 0 amide bonds. The predicted octanol–water partition coefficient (Wildman–Crippen LogP) is 3.80. The highest BCUT2D eigenvalue weighted by molar-refractivity contribution is 5.21. The maximum Gasteiger partial charge on any atom is 0.0404 e. The third-order valence-corrected chi connectivity index (χ3v) is 4.05. The van der Waals surface area contributed by atoms with Gasteiger partial charge in [0.15, 0.2) is 0 Å². The molecule has 2 nitrogen and oxygen atoms in total. The third kappa shape index (κ3) is 4.61. The molecule has 0 N–H and O–H groups in total. The Morgan fingerprint density at radius 2 is 1.84 bits per heavy atom. The summed E-state index contributed by atoms with van der Waals surface area (Å²) in [5, 5.41) is 0. The first-order valence-corrected chi connectivity index (χ1v) is 7.73. The fourth-order valence-corrected chi connectivity index (χ4v) is 2.68. The van der Waals surface area contributed by atoms with Crippen LogP contribution in [0.5, 0.6) is 0 Å². The normalized spacial score (nSPS) is 17.6. The summed E-state index contributed by atoms with van der Waals surface area (Å²) >= 11 is 0. The smallest absolute Gasteiger partial charge is 0.0404 e. The van der Waals surface area contributed by atoms with E-state index in [1.165, 1.54) is 56.6 Å². The summed E-state index contributed by atoms with van der Waals surface area (Å²) in [6.45, 7) is 10.6. The number of aromatic nitrogens is 1. The zero-order valence-electron chi connectivity index (χ0n) is 12.8. The van der Waals surface area contributed by atoms with Gasteiger partial charge in [-0.3, -0.25) is 4.98 Å². The second-order valence-electron chi connectivity index (χ2n) is 6.79. The van der Waals surface area contributed by atoms with Crippen LogP contribution in [0.15, 0.2) is 18.3 Å². The molecule has 1 aliphatic rings. The number of nitrogens with zero attached hydrogens (tertiary/aromatic N) is 2. The van der Waals surface area contributed by atoms with Crippen LogP contribution >= 0.6 is 0 Å². The minimum atomic E-state index is 0.208. The van der Waals surface area contributed by atoms with E-state index < -0.39 is 0 Å². The standard InChI is InChI=1S/C17H28N2/c1-17(2,3)15-9-10-16(18-14-15)8-7-13-19-11-5-4-6-12-19/h9-10,14H,4-8,11-13H2,1-3H3. The second kappa shape index (κ2) is 6.51. The highest BCUT2D eigenvalue weighted by Gasteiger charge is 2.13. The van der Waals surface area contributed by atoms with Crippen molar-refractivity contribution in [2.24, 2.45) is 0 Å². The van der Waals surface area contributed by atoms with E-state index in [0.29, 0.717) is 0 Å². The van der Waals surface area contributed by atoms with Gasteiger partial charge in [0, 0.05) is 11.9 Å². The number of likely N-dealkylation sites (tertiary alicyclic amines) is 1. The van der Waals surface area contributed by atoms with Crippen LogP contribution in [0, 0.1) is 0 Å². The van der Waals surface area contributed by atoms with E-state index in [0.717, 1.165) is 6.42 Å². The molecule has 2 rings (SSSR count). The van der Waals surface area contributed by atoms with Crippen molar-refractivity contribution in [1.29, 1.82) is 0 Å². The summed E-state index contributed by atoms with van der Waals surface area (Å²) in [7, 11) is 0. The Morgan fingerprint density at radius 3 is 2.42 bits per heavy atom. The highest BCUT2D eigenvalue weighted by atomic mass is 15.1. The number of aryl methyl sites for hydroxylation is 1. The Kier molecular flexibility index (Phi) is 4.98. The zero-order chi connectivity index (χ0) is 13.7. The van der Waals surface area contributed by atoms with Crippen LogP contribution in [0.1, 0.15) is 57.7 Å². The van der Waals surface area contributed by atoms with E-state index >= 15 is 0 Å². The van der Waals surface area contributed by atoms with E-state index in [1.807, 2.05) is 0 Å². The summed E-state index contributed by atoms with van der Waals surface area (Å²) in [6.07, 6.45) is 8.60. The third-order valence-electron chi connectivity index (χ3n) is 4.05. The molecule has 0 saturated carbocycles. The van der Waals surface area contributed by atoms with E-state index in [4.69, 9.17) is 0 Å². The molecular formula is C17H28N2. The molecule has 0 aromatic carbocycles. The van der Waals surface area contributed by atoms with Crippen molar-refractivity contribution >= 4 is 0 Å². The summed E-state index contributed by atoms with van der Waals surface area (Å²) in [5.41, 5.74) is 2.77. The van der Waals surface area contributed by atoms with Crippen molar-refractivity contribution in [3.63, 3.8) is 0 Å². The number of pyridine rings is 1. The lowest BCUT2D eigenvalue weighted by atomic mass is 9.88. The first-order chi connectivity index (χ1) is 9.05. The molecule has 2 heteroatoms. The molecule has 0 bridgehead atoms. The molecule has 0 spiro atoms. The van der Waals surface area contributed by atoms with Crippen molar-refractivity contribution in [3.05, 3.63) is 29.6 Å². The molecule has 106 valence electrons. The van der Waals surface area contributed by atoms with E-state index in [9.17, 15) is 0 Å². The topological polar surface area (TPSA) is 16.1 Å². The Balaban J connectivity index is 1.76. The summed E-state index contributed by atoms with van der Waals surface area (Å²) in [5.74, 6) is 0. The van der Waals surface area contributed by atoms with Crippen LogP contribution in [0.2, 0.25) is 0 Å². The lowest BCUT2D eigenvalue weighted by molar-refractivity contribution is 0.226. The summed E-state index contributed by atoms with van der Waals surface area (Å²) in [6, 6.07) is 4.44. The summed E-state index contributed by atoms with van der Waals surface area (Å²) < 4.78 is 0. The average Bonchev–Trinajstić information content (AvgIpc) is 2.39. The SMILES string of the molecule is CC(C)(C)c1ccc(CCCN2CCCCC2)nc1. The zero-order valence-corrected chi connectivity index (χ0v) is 12.8. The molecule has 2 heterocycles. The number of hydrogen-bond donors (Lipinski definition) is 0. The van der Waals surface area contributed by atoms with Crippen LogP contribution in [-0.4, -0.2) is 29.5 Å². The first kappa shape index (κ1) is 14.5. The molecule has 1 saturated heterocycles. The molecular weight excluding hydrogens is 232 g/mol. The lowest BCUT2D eigenvalue weighted by Crippen LogP contribution is -2.30. The van der Waals surface area contributed by atoms with Crippen LogP contribution < -0.4 is 0 Å². The number of rotatable bonds is 4. The maximum atomic E-state index is 4.61. The Hall–Kier alpha value is -0.890. The highest BCUT2D eigenvalue weighted by Crippen LogP contribution is 2.21. The molecule has 0 aliphatic carbocycles. The van der Waals surface area contributed by atoms with Crippen molar-refractivity contribution in [1.82, 2.24) is 9.88 Å². The van der Waals surface area contributed by atoms with Crippen molar-refractivity contribution < 1.29 is 0 Å². The van der Waals surface area contributed by atoms with E-state index in [1.54, 1.807) is 0 Å². The van der Waals surface area contributed by atoms with Crippen LogP contribution in [0.25, 0.3) is 0 Å². The lowest BCUT2D eigenvalue weighted by Gasteiger charge is -2.26. The van der Waals surface area contributed by atoms with Gasteiger partial charge in [-0.15, -0.1) is 0 Å². The van der Waals surface area contributed by atoms with Crippen molar-refractivity contribution in [2.45, 2.75) is 58.3 Å². The minimum Gasteiger partial charge on any atom is -0.303 e. The largest absolute Gasteiger partial charge is 0.303 e. The van der Waals surface area contributed by atoms with Gasteiger partial charge in [0.2, 0.25) is 0 Å².